The second-order valence-electron chi connectivity index (χ2n) is 6.47. The lowest BCUT2D eigenvalue weighted by atomic mass is 9.99. The van der Waals surface area contributed by atoms with Gasteiger partial charge < -0.3 is 25.7 Å². The van der Waals surface area contributed by atoms with Crippen molar-refractivity contribution in [3.8, 4) is 34.1 Å². The average molecular weight is 351 g/mol. The number of anilines is 2. The van der Waals surface area contributed by atoms with Gasteiger partial charge in [0.15, 0.2) is 23.0 Å². The highest BCUT2D eigenvalue weighted by Gasteiger charge is 2.22. The Balaban J connectivity index is 1.96. The number of hydrogen-bond donors (Lipinski definition) is 5. The summed E-state index contributed by atoms with van der Waals surface area (Å²) in [5, 5.41) is 43.5. The van der Waals surface area contributed by atoms with Crippen LogP contribution in [0.3, 0.4) is 0 Å². The number of phenolic OH excluding ortho intramolecular Hbond substituents is 4. The summed E-state index contributed by atoms with van der Waals surface area (Å²) in [7, 11) is 0. The molecule has 0 bridgehead atoms. The lowest BCUT2D eigenvalue weighted by Crippen LogP contribution is -1.92. The fourth-order valence-corrected chi connectivity index (χ4v) is 3.02. The molecule has 0 amide bonds. The first kappa shape index (κ1) is 17.5. The van der Waals surface area contributed by atoms with E-state index in [-0.39, 0.29) is 11.1 Å². The van der Waals surface area contributed by atoms with Gasteiger partial charge in [0.25, 0.3) is 0 Å². The van der Waals surface area contributed by atoms with E-state index in [0.29, 0.717) is 5.56 Å². The van der Waals surface area contributed by atoms with E-state index < -0.39 is 23.0 Å². The summed E-state index contributed by atoms with van der Waals surface area (Å²) in [5.41, 5.74) is 4.59. The van der Waals surface area contributed by atoms with Gasteiger partial charge in [0.2, 0.25) is 0 Å². The number of aryl methyl sites for hydroxylation is 2. The maximum atomic E-state index is 10.2. The standard InChI is InChI=1S/C21H21NO4/c1-11-8-12(2)10-16(9-11)22-15-6-4-14(5-7-15)17-20(25)18(23)13(3)19(24)21(17)26/h4-10,22-26H,1-3H3. The van der Waals surface area contributed by atoms with Crippen LogP contribution in [-0.4, -0.2) is 20.4 Å². The molecular formula is C21H21NO4. The molecule has 0 aliphatic rings. The number of benzene rings is 3. The Bertz CT molecular complexity index is 929. The van der Waals surface area contributed by atoms with Gasteiger partial charge in [-0.3, -0.25) is 0 Å². The molecule has 3 aromatic carbocycles. The third-order valence-electron chi connectivity index (χ3n) is 4.32. The van der Waals surface area contributed by atoms with Crippen molar-refractivity contribution < 1.29 is 20.4 Å². The van der Waals surface area contributed by atoms with Crippen LogP contribution in [-0.2, 0) is 0 Å². The van der Waals surface area contributed by atoms with Crippen molar-refractivity contribution in [1.29, 1.82) is 0 Å². The Morgan fingerprint density at radius 2 is 1.12 bits per heavy atom. The van der Waals surface area contributed by atoms with E-state index in [1.165, 1.54) is 6.92 Å². The minimum Gasteiger partial charge on any atom is -0.504 e. The minimum atomic E-state index is -0.465. The van der Waals surface area contributed by atoms with E-state index in [1.807, 2.05) is 26.0 Å². The van der Waals surface area contributed by atoms with Crippen molar-refractivity contribution >= 4 is 11.4 Å². The molecule has 0 saturated heterocycles. The second kappa shape index (κ2) is 6.52. The maximum absolute atomic E-state index is 10.2. The minimum absolute atomic E-state index is 0.0106. The highest BCUT2D eigenvalue weighted by Crippen LogP contribution is 2.50. The van der Waals surface area contributed by atoms with Gasteiger partial charge in [0, 0.05) is 16.9 Å². The summed E-state index contributed by atoms with van der Waals surface area (Å²) in [6.45, 7) is 5.47. The predicted octanol–water partition coefficient (Wildman–Crippen LogP) is 4.84. The first-order valence-electron chi connectivity index (χ1n) is 8.20. The molecule has 5 N–H and O–H groups in total. The van der Waals surface area contributed by atoms with Gasteiger partial charge in [-0.05, 0) is 61.7 Å². The zero-order valence-corrected chi connectivity index (χ0v) is 14.8. The third-order valence-corrected chi connectivity index (χ3v) is 4.32. The molecule has 0 fully saturated rings. The topological polar surface area (TPSA) is 93.0 Å². The smallest absolute Gasteiger partial charge is 0.169 e. The van der Waals surface area contributed by atoms with Gasteiger partial charge in [-0.1, -0.05) is 18.2 Å². The first-order chi connectivity index (χ1) is 12.3. The maximum Gasteiger partial charge on any atom is 0.169 e. The summed E-state index contributed by atoms with van der Waals surface area (Å²) < 4.78 is 0. The van der Waals surface area contributed by atoms with Crippen LogP contribution < -0.4 is 5.32 Å². The van der Waals surface area contributed by atoms with Gasteiger partial charge in [-0.2, -0.15) is 0 Å². The molecule has 0 aliphatic heterocycles. The monoisotopic (exact) mass is 351 g/mol. The predicted molar refractivity (Wildman–Crippen MR) is 102 cm³/mol. The molecule has 0 spiro atoms. The Kier molecular flexibility index (Phi) is 4.38. The van der Waals surface area contributed by atoms with Crippen LogP contribution in [0.25, 0.3) is 11.1 Å². The second-order valence-corrected chi connectivity index (χ2v) is 6.47. The van der Waals surface area contributed by atoms with E-state index in [1.54, 1.807) is 24.3 Å². The van der Waals surface area contributed by atoms with Gasteiger partial charge >= 0.3 is 0 Å². The van der Waals surface area contributed by atoms with Crippen molar-refractivity contribution in [2.75, 3.05) is 5.32 Å². The Morgan fingerprint density at radius 1 is 0.615 bits per heavy atom. The summed E-state index contributed by atoms with van der Waals surface area (Å²) in [5.74, 6) is -1.83. The van der Waals surface area contributed by atoms with Crippen molar-refractivity contribution in [3.63, 3.8) is 0 Å². The van der Waals surface area contributed by atoms with Crippen LogP contribution in [0.4, 0.5) is 11.4 Å². The zero-order valence-electron chi connectivity index (χ0n) is 14.8. The molecule has 134 valence electrons. The quantitative estimate of drug-likeness (QED) is 0.344. The summed E-state index contributed by atoms with van der Waals surface area (Å²) in [6.07, 6.45) is 0. The molecule has 5 heteroatoms. The first-order valence-corrected chi connectivity index (χ1v) is 8.20. The molecule has 3 rings (SSSR count). The van der Waals surface area contributed by atoms with Gasteiger partial charge in [0.05, 0.1) is 5.56 Å². The number of hydrogen-bond acceptors (Lipinski definition) is 5. The molecule has 0 radical (unpaired) electrons. The Hall–Kier alpha value is -3.34. The molecule has 0 heterocycles. The van der Waals surface area contributed by atoms with Crippen LogP contribution in [0.2, 0.25) is 0 Å². The van der Waals surface area contributed by atoms with Crippen molar-refractivity contribution in [1.82, 2.24) is 0 Å². The lowest BCUT2D eigenvalue weighted by molar-refractivity contribution is 0.371. The number of nitrogens with one attached hydrogen (secondary N) is 1. The fourth-order valence-electron chi connectivity index (χ4n) is 3.02. The number of rotatable bonds is 3. The highest BCUT2D eigenvalue weighted by molar-refractivity contribution is 5.84. The van der Waals surface area contributed by atoms with Crippen molar-refractivity contribution in [3.05, 3.63) is 59.2 Å². The SMILES string of the molecule is Cc1cc(C)cc(Nc2ccc(-c3c(O)c(O)c(C)c(O)c3O)cc2)c1. The van der Waals surface area contributed by atoms with E-state index in [4.69, 9.17) is 0 Å². The molecule has 0 aromatic heterocycles. The largest absolute Gasteiger partial charge is 0.504 e. The number of phenols is 4. The van der Waals surface area contributed by atoms with Crippen LogP contribution in [0, 0.1) is 20.8 Å². The lowest BCUT2D eigenvalue weighted by Gasteiger charge is -2.14. The van der Waals surface area contributed by atoms with E-state index in [2.05, 4.69) is 11.4 Å². The molecule has 0 atom stereocenters. The van der Waals surface area contributed by atoms with Crippen LogP contribution >= 0.6 is 0 Å². The molecule has 0 aliphatic carbocycles. The van der Waals surface area contributed by atoms with Crippen molar-refractivity contribution in [2.45, 2.75) is 20.8 Å². The normalized spacial score (nSPS) is 10.7. The average Bonchev–Trinajstić information content (AvgIpc) is 2.59. The third kappa shape index (κ3) is 3.11. The van der Waals surface area contributed by atoms with E-state index >= 15 is 0 Å². The van der Waals surface area contributed by atoms with Gasteiger partial charge in [0.1, 0.15) is 0 Å². The van der Waals surface area contributed by atoms with Crippen LogP contribution in [0.5, 0.6) is 23.0 Å². The van der Waals surface area contributed by atoms with E-state index in [0.717, 1.165) is 22.5 Å². The number of aromatic hydroxyl groups is 4. The van der Waals surface area contributed by atoms with E-state index in [9.17, 15) is 20.4 Å². The molecule has 5 nitrogen and oxygen atoms in total. The summed E-state index contributed by atoms with van der Waals surface area (Å²) in [6, 6.07) is 13.1. The summed E-state index contributed by atoms with van der Waals surface area (Å²) in [4.78, 5) is 0. The van der Waals surface area contributed by atoms with Crippen LogP contribution in [0.15, 0.2) is 42.5 Å². The fraction of sp³-hybridized carbons (Fsp3) is 0.143. The Morgan fingerprint density at radius 3 is 1.62 bits per heavy atom. The molecule has 0 unspecified atom stereocenters. The molecule has 0 saturated carbocycles. The van der Waals surface area contributed by atoms with Crippen LogP contribution in [0.1, 0.15) is 16.7 Å². The highest BCUT2D eigenvalue weighted by atomic mass is 16.3. The van der Waals surface area contributed by atoms with Crippen molar-refractivity contribution in [2.24, 2.45) is 0 Å². The zero-order chi connectivity index (χ0) is 19.0. The summed E-state index contributed by atoms with van der Waals surface area (Å²) >= 11 is 0. The molecule has 26 heavy (non-hydrogen) atoms. The molecular weight excluding hydrogens is 330 g/mol. The Labute approximate surface area is 151 Å². The molecule has 3 aromatic rings. The van der Waals surface area contributed by atoms with Gasteiger partial charge in [-0.25, -0.2) is 0 Å². The van der Waals surface area contributed by atoms with Gasteiger partial charge in [-0.15, -0.1) is 0 Å².